The average Bonchev–Trinajstić information content (AvgIpc) is 3.01. The van der Waals surface area contributed by atoms with Crippen molar-refractivity contribution < 1.29 is 4.79 Å². The number of carbonyl (C=O) groups excluding carboxylic acids is 1. The molecule has 22 heavy (non-hydrogen) atoms. The van der Waals surface area contributed by atoms with Crippen molar-refractivity contribution in [2.24, 2.45) is 13.0 Å². The molecule has 0 saturated heterocycles. The Morgan fingerprint density at radius 1 is 1.41 bits per heavy atom. The molecule has 1 N–H and O–H groups in total. The highest BCUT2D eigenvalue weighted by Crippen LogP contribution is 2.22. The van der Waals surface area contributed by atoms with Gasteiger partial charge < -0.3 is 9.88 Å². The van der Waals surface area contributed by atoms with Crippen molar-refractivity contribution in [2.75, 3.05) is 6.54 Å². The van der Waals surface area contributed by atoms with Gasteiger partial charge in [0, 0.05) is 44.5 Å². The average molecular weight is 300 g/mol. The second-order valence-electron chi connectivity index (χ2n) is 5.73. The molecular formula is C16H20N4O2. The lowest BCUT2D eigenvalue weighted by Crippen LogP contribution is -2.37. The molecule has 1 unspecified atom stereocenters. The first-order valence-electron chi connectivity index (χ1n) is 7.58. The molecule has 0 bridgehead atoms. The summed E-state index contributed by atoms with van der Waals surface area (Å²) >= 11 is 0. The van der Waals surface area contributed by atoms with Gasteiger partial charge in [0.15, 0.2) is 0 Å². The number of rotatable bonds is 4. The minimum atomic E-state index is -0.118. The minimum Gasteiger partial charge on any atom is -0.354 e. The molecule has 116 valence electrons. The highest BCUT2D eigenvalue weighted by Gasteiger charge is 2.25. The second-order valence-corrected chi connectivity index (χ2v) is 5.73. The third-order valence-corrected chi connectivity index (χ3v) is 4.16. The van der Waals surface area contributed by atoms with Crippen molar-refractivity contribution >= 4 is 5.91 Å². The fourth-order valence-corrected chi connectivity index (χ4v) is 2.88. The minimum absolute atomic E-state index is 0.0638. The Bertz CT molecular complexity index is 718. The molecule has 1 aliphatic rings. The van der Waals surface area contributed by atoms with Gasteiger partial charge in [-0.2, -0.15) is 5.10 Å². The highest BCUT2D eigenvalue weighted by atomic mass is 16.2. The Kier molecular flexibility index (Phi) is 4.09. The number of aryl methyl sites for hydroxylation is 2. The van der Waals surface area contributed by atoms with Gasteiger partial charge in [-0.1, -0.05) is 0 Å². The number of fused-ring (bicyclic) bond motifs is 1. The number of hydrogen-bond donors (Lipinski definition) is 1. The van der Waals surface area contributed by atoms with E-state index in [1.54, 1.807) is 13.1 Å². The molecule has 2 heterocycles. The molecule has 0 aliphatic heterocycles. The predicted octanol–water partition coefficient (Wildman–Crippen LogP) is 0.503. The third kappa shape index (κ3) is 3.10. The molecule has 0 spiro atoms. The summed E-state index contributed by atoms with van der Waals surface area (Å²) in [6.45, 7) is 1.38. The van der Waals surface area contributed by atoms with Crippen molar-refractivity contribution in [3.05, 3.63) is 52.2 Å². The largest absolute Gasteiger partial charge is 0.354 e. The van der Waals surface area contributed by atoms with Crippen molar-refractivity contribution in [2.45, 2.75) is 25.8 Å². The Morgan fingerprint density at radius 3 is 2.95 bits per heavy atom. The van der Waals surface area contributed by atoms with Crippen LogP contribution in [0.2, 0.25) is 0 Å². The highest BCUT2D eigenvalue weighted by molar-refractivity contribution is 5.79. The second kappa shape index (κ2) is 6.17. The number of hydrogen-bond acceptors (Lipinski definition) is 3. The van der Waals surface area contributed by atoms with Crippen LogP contribution in [0.1, 0.15) is 17.7 Å². The summed E-state index contributed by atoms with van der Waals surface area (Å²) in [6, 6.07) is 5.54. The van der Waals surface area contributed by atoms with E-state index in [4.69, 9.17) is 0 Å². The molecule has 6 heteroatoms. The van der Waals surface area contributed by atoms with Crippen LogP contribution in [0.4, 0.5) is 0 Å². The molecule has 0 aromatic carbocycles. The lowest BCUT2D eigenvalue weighted by atomic mass is 9.86. The molecule has 2 aromatic rings. The van der Waals surface area contributed by atoms with Crippen LogP contribution in [0.25, 0.3) is 0 Å². The third-order valence-electron chi connectivity index (χ3n) is 4.16. The summed E-state index contributed by atoms with van der Waals surface area (Å²) in [4.78, 5) is 23.9. The van der Waals surface area contributed by atoms with Gasteiger partial charge >= 0.3 is 0 Å². The first-order valence-corrected chi connectivity index (χ1v) is 7.58. The van der Waals surface area contributed by atoms with Gasteiger partial charge in [-0.3, -0.25) is 9.59 Å². The molecule has 1 aliphatic carbocycles. The van der Waals surface area contributed by atoms with E-state index in [0.29, 0.717) is 13.0 Å². The lowest BCUT2D eigenvalue weighted by Gasteiger charge is -2.23. The van der Waals surface area contributed by atoms with Crippen molar-refractivity contribution in [3.63, 3.8) is 0 Å². The summed E-state index contributed by atoms with van der Waals surface area (Å²) in [5, 5.41) is 7.26. The van der Waals surface area contributed by atoms with Gasteiger partial charge in [-0.15, -0.1) is 0 Å². The maximum atomic E-state index is 12.3. The normalized spacial score (nSPS) is 17.0. The number of nitrogens with one attached hydrogen (secondary N) is 1. The molecule has 2 aromatic heterocycles. The standard InChI is InChI=1S/C16H20N4O2/c1-19-15(21)11-13-10-12(4-5-14(13)18-19)16(22)17-6-9-20-7-2-3-8-20/h2-3,7-8,11-12H,4-6,9-10H2,1H3,(H,17,22). The Hall–Kier alpha value is -2.37. The van der Waals surface area contributed by atoms with Gasteiger partial charge in [-0.05, 0) is 37.0 Å². The molecule has 3 rings (SSSR count). The maximum absolute atomic E-state index is 12.3. The van der Waals surface area contributed by atoms with E-state index >= 15 is 0 Å². The Labute approximate surface area is 128 Å². The van der Waals surface area contributed by atoms with Gasteiger partial charge in [0.2, 0.25) is 5.91 Å². The van der Waals surface area contributed by atoms with Gasteiger partial charge in [0.25, 0.3) is 5.56 Å². The summed E-state index contributed by atoms with van der Waals surface area (Å²) in [6.07, 6.45) is 6.09. The zero-order valence-corrected chi connectivity index (χ0v) is 12.7. The number of nitrogens with zero attached hydrogens (tertiary/aromatic N) is 3. The van der Waals surface area contributed by atoms with Crippen molar-refractivity contribution in [1.82, 2.24) is 19.7 Å². The van der Waals surface area contributed by atoms with Crippen LogP contribution in [0, 0.1) is 5.92 Å². The summed E-state index contributed by atoms with van der Waals surface area (Å²) < 4.78 is 3.39. The Morgan fingerprint density at radius 2 is 2.18 bits per heavy atom. The number of carbonyl (C=O) groups is 1. The smallest absolute Gasteiger partial charge is 0.266 e. The molecule has 0 saturated carbocycles. The van der Waals surface area contributed by atoms with Crippen LogP contribution in [0.3, 0.4) is 0 Å². The van der Waals surface area contributed by atoms with Crippen LogP contribution in [-0.2, 0) is 31.2 Å². The van der Waals surface area contributed by atoms with Gasteiger partial charge in [0.05, 0.1) is 5.69 Å². The van der Waals surface area contributed by atoms with Crippen LogP contribution >= 0.6 is 0 Å². The quantitative estimate of drug-likeness (QED) is 0.894. The van der Waals surface area contributed by atoms with Crippen LogP contribution in [-0.4, -0.2) is 26.8 Å². The van der Waals surface area contributed by atoms with E-state index in [2.05, 4.69) is 10.4 Å². The maximum Gasteiger partial charge on any atom is 0.266 e. The molecular weight excluding hydrogens is 280 g/mol. The van der Waals surface area contributed by atoms with Crippen molar-refractivity contribution in [3.8, 4) is 0 Å². The lowest BCUT2D eigenvalue weighted by molar-refractivity contribution is -0.125. The van der Waals surface area contributed by atoms with Crippen LogP contribution in [0.15, 0.2) is 35.4 Å². The first-order chi connectivity index (χ1) is 10.6. The summed E-state index contributed by atoms with van der Waals surface area (Å²) in [5.41, 5.74) is 1.74. The van der Waals surface area contributed by atoms with Crippen molar-refractivity contribution in [1.29, 1.82) is 0 Å². The fraction of sp³-hybridized carbons (Fsp3) is 0.438. The van der Waals surface area contributed by atoms with Gasteiger partial charge in [0.1, 0.15) is 0 Å². The van der Waals surface area contributed by atoms with E-state index in [1.165, 1.54) is 4.68 Å². The number of amides is 1. The molecule has 1 atom stereocenters. The number of aromatic nitrogens is 3. The van der Waals surface area contributed by atoms with Gasteiger partial charge in [-0.25, -0.2) is 4.68 Å². The van der Waals surface area contributed by atoms with E-state index < -0.39 is 0 Å². The fourth-order valence-electron chi connectivity index (χ4n) is 2.88. The van der Waals surface area contributed by atoms with E-state index in [1.807, 2.05) is 29.1 Å². The summed E-state index contributed by atoms with van der Waals surface area (Å²) in [7, 11) is 1.66. The Balaban J connectivity index is 1.58. The molecule has 6 nitrogen and oxygen atoms in total. The zero-order valence-electron chi connectivity index (χ0n) is 12.7. The predicted molar refractivity (Wildman–Crippen MR) is 82.4 cm³/mol. The van der Waals surface area contributed by atoms with E-state index in [0.717, 1.165) is 30.6 Å². The molecule has 1 amide bonds. The summed E-state index contributed by atoms with van der Waals surface area (Å²) in [5.74, 6) is 0.00421. The van der Waals surface area contributed by atoms with E-state index in [9.17, 15) is 9.59 Å². The first kappa shape index (κ1) is 14.6. The zero-order chi connectivity index (χ0) is 15.5. The van der Waals surface area contributed by atoms with Crippen LogP contribution < -0.4 is 10.9 Å². The monoisotopic (exact) mass is 300 g/mol. The van der Waals surface area contributed by atoms with E-state index in [-0.39, 0.29) is 17.4 Å². The topological polar surface area (TPSA) is 68.9 Å². The van der Waals surface area contributed by atoms with Crippen LogP contribution in [0.5, 0.6) is 0 Å². The molecule has 0 radical (unpaired) electrons. The SMILES string of the molecule is Cn1nc2c(cc1=O)CC(C(=O)NCCn1cccc1)CC2. The molecule has 0 fully saturated rings.